The van der Waals surface area contributed by atoms with Crippen LogP contribution in [0.15, 0.2) is 70.7 Å². The van der Waals surface area contributed by atoms with Crippen LogP contribution in [0.25, 0.3) is 21.5 Å². The average Bonchev–Trinajstić information content (AvgIpc) is 3.34. The molecule has 0 saturated heterocycles. The van der Waals surface area contributed by atoms with Crippen LogP contribution in [0.5, 0.6) is 0 Å². The van der Waals surface area contributed by atoms with Gasteiger partial charge in [-0.3, -0.25) is 9.63 Å². The molecule has 4 rings (SSSR count). The number of hydrogen-bond donors (Lipinski definition) is 1. The molecule has 1 amide bonds. The highest BCUT2D eigenvalue weighted by molar-refractivity contribution is 7.13. The van der Waals surface area contributed by atoms with Gasteiger partial charge in [-0.15, -0.1) is 11.3 Å². The van der Waals surface area contributed by atoms with Crippen LogP contribution in [0.3, 0.4) is 0 Å². The van der Waals surface area contributed by atoms with Gasteiger partial charge in [0.05, 0.1) is 11.3 Å². The van der Waals surface area contributed by atoms with Crippen molar-refractivity contribution in [3.05, 3.63) is 77.5 Å². The molecule has 0 saturated carbocycles. The molecule has 2 heterocycles. The first-order chi connectivity index (χ1) is 12.8. The lowest BCUT2D eigenvalue weighted by atomic mass is 10.0. The monoisotopic (exact) mass is 364 g/mol. The Morgan fingerprint density at radius 3 is 2.88 bits per heavy atom. The van der Waals surface area contributed by atoms with Crippen molar-refractivity contribution in [3.63, 3.8) is 0 Å². The molecular weight excluding hydrogens is 348 g/mol. The van der Waals surface area contributed by atoms with Crippen molar-refractivity contribution in [1.29, 1.82) is 0 Å². The third-order valence-corrected chi connectivity index (χ3v) is 4.78. The van der Waals surface area contributed by atoms with Crippen LogP contribution in [0.4, 0.5) is 0 Å². The Morgan fingerprint density at radius 2 is 2.00 bits per heavy atom. The molecule has 0 unspecified atom stereocenters. The van der Waals surface area contributed by atoms with Gasteiger partial charge < -0.3 is 4.42 Å². The summed E-state index contributed by atoms with van der Waals surface area (Å²) in [6, 6.07) is 17.8. The summed E-state index contributed by atoms with van der Waals surface area (Å²) >= 11 is 1.55. The Kier molecular flexibility index (Phi) is 4.77. The van der Waals surface area contributed by atoms with E-state index in [2.05, 4.69) is 10.5 Å². The lowest BCUT2D eigenvalue weighted by Gasteiger charge is -2.07. The van der Waals surface area contributed by atoms with Crippen LogP contribution in [0, 0.1) is 0 Å². The van der Waals surface area contributed by atoms with Gasteiger partial charge in [-0.1, -0.05) is 48.5 Å². The number of hydroxylamine groups is 1. The van der Waals surface area contributed by atoms with Crippen molar-refractivity contribution in [2.75, 3.05) is 0 Å². The van der Waals surface area contributed by atoms with Gasteiger partial charge in [0.25, 0.3) is 0 Å². The van der Waals surface area contributed by atoms with E-state index >= 15 is 0 Å². The molecule has 0 radical (unpaired) electrons. The summed E-state index contributed by atoms with van der Waals surface area (Å²) < 4.78 is 5.42. The summed E-state index contributed by atoms with van der Waals surface area (Å²) in [7, 11) is 0. The first-order valence-electron chi connectivity index (χ1n) is 8.15. The van der Waals surface area contributed by atoms with Crippen molar-refractivity contribution in [2.24, 2.45) is 0 Å². The van der Waals surface area contributed by atoms with Gasteiger partial charge in [0, 0.05) is 0 Å². The van der Waals surface area contributed by atoms with Gasteiger partial charge in [-0.2, -0.15) is 0 Å². The first kappa shape index (κ1) is 16.5. The maximum atomic E-state index is 12.2. The maximum Gasteiger partial charge on any atom is 0.247 e. The normalized spacial score (nSPS) is 10.9. The van der Waals surface area contributed by atoms with Crippen molar-refractivity contribution < 1.29 is 14.0 Å². The number of thiophene rings is 1. The number of hydrogen-bond acceptors (Lipinski definition) is 5. The minimum atomic E-state index is -0.205. The number of rotatable bonds is 6. The number of nitrogens with zero attached hydrogens (tertiary/aromatic N) is 1. The molecule has 0 spiro atoms. The average molecular weight is 364 g/mol. The lowest BCUT2D eigenvalue weighted by Crippen LogP contribution is -2.25. The van der Waals surface area contributed by atoms with Crippen LogP contribution >= 0.6 is 11.3 Å². The van der Waals surface area contributed by atoms with E-state index in [1.54, 1.807) is 11.3 Å². The number of fused-ring (bicyclic) bond motifs is 1. The fourth-order valence-electron chi connectivity index (χ4n) is 2.73. The SMILES string of the molecule is O=C(Cc1cccc2ccccc12)NOCc1coc(-c2cccs2)n1. The Balaban J connectivity index is 1.33. The molecule has 6 heteroatoms. The minimum absolute atomic E-state index is 0.149. The fraction of sp³-hybridized carbons (Fsp3) is 0.100. The van der Waals surface area contributed by atoms with Gasteiger partial charge in [0.1, 0.15) is 18.6 Å². The number of amides is 1. The third-order valence-electron chi connectivity index (χ3n) is 3.92. The minimum Gasteiger partial charge on any atom is -0.443 e. The maximum absolute atomic E-state index is 12.2. The molecular formula is C20H16N2O3S. The van der Waals surface area contributed by atoms with E-state index in [0.717, 1.165) is 21.2 Å². The van der Waals surface area contributed by atoms with Crippen LogP contribution in [-0.4, -0.2) is 10.9 Å². The van der Waals surface area contributed by atoms with Crippen molar-refractivity contribution in [3.8, 4) is 10.8 Å². The molecule has 0 bridgehead atoms. The van der Waals surface area contributed by atoms with Crippen LogP contribution in [0.2, 0.25) is 0 Å². The van der Waals surface area contributed by atoms with Gasteiger partial charge in [0.2, 0.25) is 11.8 Å². The van der Waals surface area contributed by atoms with Gasteiger partial charge in [-0.05, 0) is 27.8 Å². The first-order valence-corrected chi connectivity index (χ1v) is 9.03. The van der Waals surface area contributed by atoms with Crippen LogP contribution in [0.1, 0.15) is 11.3 Å². The zero-order valence-corrected chi connectivity index (χ0v) is 14.7. The molecule has 1 N–H and O–H groups in total. The highest BCUT2D eigenvalue weighted by atomic mass is 32.1. The third kappa shape index (κ3) is 3.66. The van der Waals surface area contributed by atoms with Gasteiger partial charge >= 0.3 is 0 Å². The Bertz CT molecular complexity index is 1020. The van der Waals surface area contributed by atoms with E-state index in [1.807, 2.05) is 60.0 Å². The van der Waals surface area contributed by atoms with Crippen LogP contribution in [-0.2, 0) is 22.7 Å². The Hall–Kier alpha value is -2.96. The summed E-state index contributed by atoms with van der Waals surface area (Å²) in [5.41, 5.74) is 4.06. The molecule has 0 aliphatic rings. The smallest absolute Gasteiger partial charge is 0.247 e. The zero-order valence-electron chi connectivity index (χ0n) is 13.8. The number of carbonyl (C=O) groups is 1. The lowest BCUT2D eigenvalue weighted by molar-refractivity contribution is -0.133. The van der Waals surface area contributed by atoms with E-state index in [0.29, 0.717) is 11.6 Å². The highest BCUT2D eigenvalue weighted by Crippen LogP contribution is 2.23. The molecule has 4 aromatic rings. The number of nitrogens with one attached hydrogen (secondary N) is 1. The molecule has 0 fully saturated rings. The molecule has 130 valence electrons. The molecule has 0 aliphatic heterocycles. The molecule has 5 nitrogen and oxygen atoms in total. The zero-order chi connectivity index (χ0) is 17.8. The molecule has 0 aliphatic carbocycles. The van der Waals surface area contributed by atoms with Crippen LogP contribution < -0.4 is 5.48 Å². The number of benzene rings is 2. The highest BCUT2D eigenvalue weighted by Gasteiger charge is 2.10. The number of oxazole rings is 1. The summed E-state index contributed by atoms with van der Waals surface area (Å²) in [6.45, 7) is 0.149. The second kappa shape index (κ2) is 7.51. The standard InChI is InChI=1S/C20H16N2O3S/c23-19(11-15-7-3-6-14-5-1-2-8-17(14)15)22-25-13-16-12-24-20(21-16)18-9-4-10-26-18/h1-10,12H,11,13H2,(H,22,23). The number of aromatic nitrogens is 1. The van der Waals surface area contributed by atoms with E-state index < -0.39 is 0 Å². The Labute approximate surface area is 154 Å². The van der Waals surface area contributed by atoms with Gasteiger partial charge in [-0.25, -0.2) is 10.5 Å². The fourth-order valence-corrected chi connectivity index (χ4v) is 3.39. The van der Waals surface area contributed by atoms with Crippen molar-refractivity contribution >= 4 is 28.0 Å². The summed E-state index contributed by atoms with van der Waals surface area (Å²) in [6.07, 6.45) is 1.78. The molecule has 2 aromatic heterocycles. The summed E-state index contributed by atoms with van der Waals surface area (Å²) in [5.74, 6) is 0.351. The molecule has 26 heavy (non-hydrogen) atoms. The summed E-state index contributed by atoms with van der Waals surface area (Å²) in [4.78, 5) is 22.7. The van der Waals surface area contributed by atoms with E-state index in [4.69, 9.17) is 9.25 Å². The predicted molar refractivity (Wildman–Crippen MR) is 100 cm³/mol. The number of carbonyl (C=O) groups excluding carboxylic acids is 1. The van der Waals surface area contributed by atoms with Crippen molar-refractivity contribution in [1.82, 2.24) is 10.5 Å². The summed E-state index contributed by atoms with van der Waals surface area (Å²) in [5, 5.41) is 4.15. The second-order valence-electron chi connectivity index (χ2n) is 5.75. The quantitative estimate of drug-likeness (QED) is 0.517. The predicted octanol–water partition coefficient (Wildman–Crippen LogP) is 4.35. The topological polar surface area (TPSA) is 64.4 Å². The van der Waals surface area contributed by atoms with Gasteiger partial charge in [0.15, 0.2) is 0 Å². The largest absolute Gasteiger partial charge is 0.443 e. The Morgan fingerprint density at radius 1 is 1.12 bits per heavy atom. The van der Waals surface area contributed by atoms with Crippen molar-refractivity contribution in [2.45, 2.75) is 13.0 Å². The molecule has 0 atom stereocenters. The van der Waals surface area contributed by atoms with E-state index in [9.17, 15) is 4.79 Å². The molecule has 2 aromatic carbocycles. The van der Waals surface area contributed by atoms with E-state index in [1.165, 1.54) is 6.26 Å². The van der Waals surface area contributed by atoms with E-state index in [-0.39, 0.29) is 18.9 Å². The second-order valence-corrected chi connectivity index (χ2v) is 6.70.